The van der Waals surface area contributed by atoms with Gasteiger partial charge < -0.3 is 25.6 Å². The molecule has 0 radical (unpaired) electrons. The normalized spacial score (nSPS) is 23.2. The van der Waals surface area contributed by atoms with Gasteiger partial charge in [-0.15, -0.1) is 0 Å². The number of aliphatic hydroxyl groups excluding tert-OH is 1. The monoisotopic (exact) mass is 338 g/mol. The molecule has 2 heterocycles. The molecule has 8 heteroatoms. The fraction of sp³-hybridized carbons (Fsp3) is 0.312. The molecular formula is C16H15N2NaO5. The fourth-order valence-corrected chi connectivity index (χ4v) is 3.35. The Morgan fingerprint density at radius 1 is 1.33 bits per heavy atom. The van der Waals surface area contributed by atoms with E-state index in [1.165, 1.54) is 24.0 Å². The van der Waals surface area contributed by atoms with Crippen LogP contribution in [0.1, 0.15) is 29.3 Å². The van der Waals surface area contributed by atoms with Crippen LogP contribution >= 0.6 is 0 Å². The molecule has 0 aliphatic carbocycles. The third kappa shape index (κ3) is 2.77. The Morgan fingerprint density at radius 2 is 1.92 bits per heavy atom. The maximum absolute atomic E-state index is 12.1. The number of aliphatic carboxylic acids is 1. The molecule has 0 unspecified atom stereocenters. The predicted molar refractivity (Wildman–Crippen MR) is 77.3 cm³/mol. The molecule has 2 aliphatic heterocycles. The third-order valence-electron chi connectivity index (χ3n) is 4.44. The summed E-state index contributed by atoms with van der Waals surface area (Å²) in [6.45, 7) is 1.51. The van der Waals surface area contributed by atoms with Crippen molar-refractivity contribution < 1.29 is 54.2 Å². The standard InChI is InChI=1S/C16H16N2O5.Na/c1-7(19)12-11-6-10(13(16(22)23)18(11)15(12)21)8-2-4-9(5-3-8)14(17)20;/h2-5,7,11-12,19H,6H2,1H3,(H2,17,20)(H,22,23);/q;+1/p-1/t7-,11-,12-;/m1./s1. The van der Waals surface area contributed by atoms with Crippen LogP contribution in [0.3, 0.4) is 0 Å². The maximum atomic E-state index is 12.1. The molecule has 1 aromatic rings. The first-order valence-corrected chi connectivity index (χ1v) is 7.18. The molecule has 1 aromatic carbocycles. The van der Waals surface area contributed by atoms with Gasteiger partial charge in [-0.25, -0.2) is 0 Å². The second kappa shape index (κ2) is 6.68. The molecule has 0 saturated carbocycles. The first kappa shape index (κ1) is 18.7. The van der Waals surface area contributed by atoms with Crippen molar-refractivity contribution in [2.45, 2.75) is 25.5 Å². The van der Waals surface area contributed by atoms with Crippen LogP contribution in [0.2, 0.25) is 0 Å². The zero-order chi connectivity index (χ0) is 16.9. The number of β-lactam (4-membered cyclic amide) rings is 1. The zero-order valence-electron chi connectivity index (χ0n) is 13.4. The van der Waals surface area contributed by atoms with E-state index in [0.717, 1.165) is 0 Å². The average molecular weight is 338 g/mol. The van der Waals surface area contributed by atoms with Gasteiger partial charge in [0.05, 0.1) is 29.7 Å². The minimum atomic E-state index is -1.43. The molecule has 0 bridgehead atoms. The van der Waals surface area contributed by atoms with Crippen molar-refractivity contribution in [3.8, 4) is 0 Å². The number of aliphatic hydroxyl groups is 1. The second-order valence-electron chi connectivity index (χ2n) is 5.80. The Hall–Kier alpha value is -1.67. The smallest absolute Gasteiger partial charge is 0.543 e. The van der Waals surface area contributed by atoms with Crippen molar-refractivity contribution in [3.05, 3.63) is 41.1 Å². The Morgan fingerprint density at radius 3 is 2.38 bits per heavy atom. The largest absolute Gasteiger partial charge is 1.00 e. The van der Waals surface area contributed by atoms with E-state index in [0.29, 0.717) is 23.1 Å². The fourth-order valence-electron chi connectivity index (χ4n) is 3.35. The number of carbonyl (C=O) groups excluding carboxylic acids is 3. The second-order valence-corrected chi connectivity index (χ2v) is 5.80. The molecule has 24 heavy (non-hydrogen) atoms. The van der Waals surface area contributed by atoms with E-state index in [9.17, 15) is 24.6 Å². The molecule has 3 rings (SSSR count). The van der Waals surface area contributed by atoms with Crippen molar-refractivity contribution in [3.63, 3.8) is 0 Å². The number of rotatable bonds is 4. The summed E-state index contributed by atoms with van der Waals surface area (Å²) in [6.07, 6.45) is -0.524. The number of nitrogens with zero attached hydrogens (tertiary/aromatic N) is 1. The summed E-state index contributed by atoms with van der Waals surface area (Å²) in [4.78, 5) is 35.9. The van der Waals surface area contributed by atoms with Crippen LogP contribution in [0, 0.1) is 5.92 Å². The van der Waals surface area contributed by atoms with Gasteiger partial charge in [-0.3, -0.25) is 9.59 Å². The Bertz CT molecular complexity index is 741. The van der Waals surface area contributed by atoms with Crippen LogP contribution in [-0.4, -0.2) is 39.9 Å². The molecule has 2 amide bonds. The van der Waals surface area contributed by atoms with Crippen molar-refractivity contribution in [1.82, 2.24) is 4.90 Å². The van der Waals surface area contributed by atoms with Crippen LogP contribution in [-0.2, 0) is 9.59 Å². The topological polar surface area (TPSA) is 124 Å². The van der Waals surface area contributed by atoms with Gasteiger partial charge in [-0.2, -0.15) is 0 Å². The van der Waals surface area contributed by atoms with Gasteiger partial charge >= 0.3 is 29.6 Å². The molecule has 0 aromatic heterocycles. The quantitative estimate of drug-likeness (QED) is 0.426. The summed E-state index contributed by atoms with van der Waals surface area (Å²) >= 11 is 0. The molecule has 120 valence electrons. The van der Waals surface area contributed by atoms with Gasteiger partial charge in [0.1, 0.15) is 0 Å². The van der Waals surface area contributed by atoms with E-state index in [-0.39, 0.29) is 41.3 Å². The van der Waals surface area contributed by atoms with Crippen molar-refractivity contribution >= 4 is 23.4 Å². The SMILES string of the molecule is C[C@@H](O)[C@H]1C(=O)N2C(C(=O)[O-])=C(c3ccc(C(N)=O)cc3)C[C@H]12.[Na+]. The van der Waals surface area contributed by atoms with Gasteiger partial charge in [0.15, 0.2) is 0 Å². The van der Waals surface area contributed by atoms with E-state index in [2.05, 4.69) is 0 Å². The molecular weight excluding hydrogens is 323 g/mol. The van der Waals surface area contributed by atoms with E-state index in [1.54, 1.807) is 12.1 Å². The molecule has 1 saturated heterocycles. The summed E-state index contributed by atoms with van der Waals surface area (Å²) in [5.74, 6) is -3.02. The van der Waals surface area contributed by atoms with Gasteiger partial charge in [-0.1, -0.05) is 12.1 Å². The minimum Gasteiger partial charge on any atom is -0.543 e. The number of fused-ring (bicyclic) bond motifs is 1. The van der Waals surface area contributed by atoms with Crippen LogP contribution < -0.4 is 40.4 Å². The first-order chi connectivity index (χ1) is 10.8. The van der Waals surface area contributed by atoms with Crippen molar-refractivity contribution in [1.29, 1.82) is 0 Å². The third-order valence-corrected chi connectivity index (χ3v) is 4.44. The van der Waals surface area contributed by atoms with E-state index in [4.69, 9.17) is 5.73 Å². The summed E-state index contributed by atoms with van der Waals surface area (Å²) in [6, 6.07) is 5.81. The number of amides is 2. The van der Waals surface area contributed by atoms with Gasteiger partial charge in [0.25, 0.3) is 0 Å². The van der Waals surface area contributed by atoms with E-state index >= 15 is 0 Å². The molecule has 3 N–H and O–H groups in total. The molecule has 1 fully saturated rings. The summed E-state index contributed by atoms with van der Waals surface area (Å²) in [5.41, 5.74) is 6.37. The minimum absolute atomic E-state index is 0. The van der Waals surface area contributed by atoms with E-state index < -0.39 is 29.8 Å². The van der Waals surface area contributed by atoms with Gasteiger partial charge in [-0.05, 0) is 36.6 Å². The maximum Gasteiger partial charge on any atom is 1.00 e. The average Bonchev–Trinajstić information content (AvgIpc) is 2.82. The summed E-state index contributed by atoms with van der Waals surface area (Å²) in [7, 11) is 0. The molecule has 0 spiro atoms. The van der Waals surface area contributed by atoms with Crippen LogP contribution in [0.25, 0.3) is 5.57 Å². The number of carboxylic acid groups (broad SMARTS) is 1. The number of primary amides is 1. The molecule has 2 aliphatic rings. The molecule has 3 atom stereocenters. The number of hydrogen-bond donors (Lipinski definition) is 2. The summed E-state index contributed by atoms with van der Waals surface area (Å²) < 4.78 is 0. The van der Waals surface area contributed by atoms with Crippen LogP contribution in [0.5, 0.6) is 0 Å². The van der Waals surface area contributed by atoms with Gasteiger partial charge in [0.2, 0.25) is 11.8 Å². The van der Waals surface area contributed by atoms with E-state index in [1.807, 2.05) is 0 Å². The number of hydrogen-bond acceptors (Lipinski definition) is 5. The zero-order valence-corrected chi connectivity index (χ0v) is 15.4. The Balaban J connectivity index is 0.00000208. The predicted octanol–water partition coefficient (Wildman–Crippen LogP) is -4.14. The van der Waals surface area contributed by atoms with Crippen molar-refractivity contribution in [2.24, 2.45) is 11.7 Å². The number of benzene rings is 1. The Labute approximate surface area is 160 Å². The Kier molecular flexibility index (Phi) is 5.19. The van der Waals surface area contributed by atoms with Crippen LogP contribution in [0.15, 0.2) is 30.0 Å². The molecule has 7 nitrogen and oxygen atoms in total. The first-order valence-electron chi connectivity index (χ1n) is 7.18. The number of carbonyl (C=O) groups is 3. The number of nitrogens with two attached hydrogens (primary N) is 1. The van der Waals surface area contributed by atoms with Crippen LogP contribution in [0.4, 0.5) is 0 Å². The van der Waals surface area contributed by atoms with Crippen molar-refractivity contribution in [2.75, 3.05) is 0 Å². The number of carboxylic acids is 1. The van der Waals surface area contributed by atoms with Gasteiger partial charge in [0, 0.05) is 5.56 Å². The summed E-state index contributed by atoms with van der Waals surface area (Å²) in [5, 5.41) is 21.2.